The molecule has 7 heteroatoms. The first-order valence-corrected chi connectivity index (χ1v) is 6.30. The van der Waals surface area contributed by atoms with Crippen LogP contribution in [0.15, 0.2) is 12.3 Å². The van der Waals surface area contributed by atoms with E-state index >= 15 is 0 Å². The number of amides is 1. The van der Waals surface area contributed by atoms with Crippen LogP contribution in [0.25, 0.3) is 0 Å². The number of rotatable bonds is 4. The van der Waals surface area contributed by atoms with Crippen molar-refractivity contribution in [2.24, 2.45) is 5.92 Å². The molecule has 6 nitrogen and oxygen atoms in total. The fourth-order valence-electron chi connectivity index (χ4n) is 1.99. The van der Waals surface area contributed by atoms with Crippen LogP contribution in [0, 0.1) is 5.92 Å². The van der Waals surface area contributed by atoms with Gasteiger partial charge in [-0.15, -0.1) is 12.4 Å². The minimum atomic E-state index is -0.376. The molecule has 2 rings (SSSR count). The third kappa shape index (κ3) is 3.92. The number of hydrogen-bond donors (Lipinski definition) is 3. The molecule has 2 heterocycles. The highest BCUT2D eigenvalue weighted by Crippen LogP contribution is 2.08. The number of β-amino-alcohol motifs (C(OH)–C–C–N with tert-alkyl or cyclic N) is 1. The lowest BCUT2D eigenvalue weighted by atomic mass is 10.1. The summed E-state index contributed by atoms with van der Waals surface area (Å²) in [4.78, 5) is 11.9. The SMILES string of the molecule is CC(C)n1ccc(C(=O)NCC2CNCC2O)n1.Cl. The Morgan fingerprint density at radius 3 is 2.89 bits per heavy atom. The van der Waals surface area contributed by atoms with Crippen LogP contribution in [0.2, 0.25) is 0 Å². The monoisotopic (exact) mass is 288 g/mol. The zero-order valence-electron chi connectivity index (χ0n) is 11.2. The number of aliphatic hydroxyl groups excluding tert-OH is 1. The average molecular weight is 289 g/mol. The molecule has 1 amide bonds. The van der Waals surface area contributed by atoms with E-state index in [4.69, 9.17) is 0 Å². The maximum absolute atomic E-state index is 11.9. The van der Waals surface area contributed by atoms with E-state index in [2.05, 4.69) is 15.7 Å². The van der Waals surface area contributed by atoms with Gasteiger partial charge >= 0.3 is 0 Å². The quantitative estimate of drug-likeness (QED) is 0.739. The molecule has 1 aromatic heterocycles. The first kappa shape index (κ1) is 15.9. The van der Waals surface area contributed by atoms with Crippen molar-refractivity contribution in [2.45, 2.75) is 26.0 Å². The molecular weight excluding hydrogens is 268 g/mol. The van der Waals surface area contributed by atoms with Crippen LogP contribution in [-0.2, 0) is 0 Å². The number of hydrogen-bond acceptors (Lipinski definition) is 4. The Labute approximate surface area is 119 Å². The van der Waals surface area contributed by atoms with Crippen molar-refractivity contribution in [1.29, 1.82) is 0 Å². The lowest BCUT2D eigenvalue weighted by molar-refractivity contribution is 0.0921. The Bertz CT molecular complexity index is 422. The first-order chi connectivity index (χ1) is 8.58. The molecule has 1 aliphatic heterocycles. The molecule has 1 aromatic rings. The van der Waals surface area contributed by atoms with Gasteiger partial charge in [-0.25, -0.2) is 0 Å². The summed E-state index contributed by atoms with van der Waals surface area (Å²) in [6.07, 6.45) is 1.42. The molecule has 108 valence electrons. The highest BCUT2D eigenvalue weighted by molar-refractivity contribution is 5.92. The van der Waals surface area contributed by atoms with Gasteiger partial charge in [0.05, 0.1) is 6.10 Å². The van der Waals surface area contributed by atoms with E-state index in [9.17, 15) is 9.90 Å². The number of carbonyl (C=O) groups is 1. The summed E-state index contributed by atoms with van der Waals surface area (Å²) < 4.78 is 1.75. The number of nitrogens with one attached hydrogen (secondary N) is 2. The fourth-order valence-corrected chi connectivity index (χ4v) is 1.99. The third-order valence-corrected chi connectivity index (χ3v) is 3.20. The third-order valence-electron chi connectivity index (χ3n) is 3.20. The van der Waals surface area contributed by atoms with Gasteiger partial charge < -0.3 is 15.7 Å². The molecule has 0 radical (unpaired) electrons. The average Bonchev–Trinajstić information content (AvgIpc) is 2.94. The van der Waals surface area contributed by atoms with Crippen LogP contribution in [0.1, 0.15) is 30.4 Å². The normalized spacial score (nSPS) is 22.3. The summed E-state index contributed by atoms with van der Waals surface area (Å²) in [7, 11) is 0. The molecule has 0 bridgehead atoms. The van der Waals surface area contributed by atoms with Crippen LogP contribution in [0.3, 0.4) is 0 Å². The Morgan fingerprint density at radius 2 is 2.37 bits per heavy atom. The Morgan fingerprint density at radius 1 is 1.63 bits per heavy atom. The van der Waals surface area contributed by atoms with E-state index in [1.165, 1.54) is 0 Å². The van der Waals surface area contributed by atoms with Gasteiger partial charge in [0.2, 0.25) is 0 Å². The number of carbonyl (C=O) groups excluding carboxylic acids is 1. The molecule has 0 aromatic carbocycles. The molecule has 2 unspecified atom stereocenters. The Balaban J connectivity index is 0.00000180. The van der Waals surface area contributed by atoms with Crippen molar-refractivity contribution in [2.75, 3.05) is 19.6 Å². The maximum Gasteiger partial charge on any atom is 0.271 e. The number of halogens is 1. The van der Waals surface area contributed by atoms with Crippen molar-refractivity contribution in [3.63, 3.8) is 0 Å². The summed E-state index contributed by atoms with van der Waals surface area (Å²) >= 11 is 0. The molecule has 1 aliphatic rings. The molecule has 2 atom stereocenters. The standard InChI is InChI=1S/C12H20N4O2.ClH/c1-8(2)16-4-3-10(15-16)12(18)14-6-9-5-13-7-11(9)17;/h3-4,8-9,11,13,17H,5-7H2,1-2H3,(H,14,18);1H. The molecule has 19 heavy (non-hydrogen) atoms. The van der Waals surface area contributed by atoms with Gasteiger partial charge in [-0.2, -0.15) is 5.10 Å². The van der Waals surface area contributed by atoms with Gasteiger partial charge in [0.1, 0.15) is 5.69 Å². The van der Waals surface area contributed by atoms with E-state index in [0.717, 1.165) is 6.54 Å². The van der Waals surface area contributed by atoms with Crippen molar-refractivity contribution >= 4 is 18.3 Å². The van der Waals surface area contributed by atoms with Gasteiger partial charge in [0.15, 0.2) is 0 Å². The second-order valence-corrected chi connectivity index (χ2v) is 4.97. The van der Waals surface area contributed by atoms with E-state index in [0.29, 0.717) is 18.8 Å². The van der Waals surface area contributed by atoms with Gasteiger partial charge in [-0.1, -0.05) is 0 Å². The van der Waals surface area contributed by atoms with E-state index in [1.807, 2.05) is 13.8 Å². The first-order valence-electron chi connectivity index (χ1n) is 6.30. The highest BCUT2D eigenvalue weighted by atomic mass is 35.5. The van der Waals surface area contributed by atoms with E-state index < -0.39 is 0 Å². The van der Waals surface area contributed by atoms with Crippen molar-refractivity contribution < 1.29 is 9.90 Å². The fraction of sp³-hybridized carbons (Fsp3) is 0.667. The van der Waals surface area contributed by atoms with Crippen molar-refractivity contribution in [3.05, 3.63) is 18.0 Å². The smallest absolute Gasteiger partial charge is 0.271 e. The van der Waals surface area contributed by atoms with Gasteiger partial charge in [-0.3, -0.25) is 9.48 Å². The minimum Gasteiger partial charge on any atom is -0.391 e. The Kier molecular flexibility index (Phi) is 5.78. The number of nitrogens with zero attached hydrogens (tertiary/aromatic N) is 2. The molecular formula is C12H21ClN4O2. The summed E-state index contributed by atoms with van der Waals surface area (Å²) in [5.74, 6) is -0.102. The largest absolute Gasteiger partial charge is 0.391 e. The number of aliphatic hydroxyl groups is 1. The second-order valence-electron chi connectivity index (χ2n) is 4.97. The van der Waals surface area contributed by atoms with Gasteiger partial charge in [0, 0.05) is 37.8 Å². The van der Waals surface area contributed by atoms with Crippen LogP contribution >= 0.6 is 12.4 Å². The summed E-state index contributed by atoms with van der Waals surface area (Å²) in [5, 5.41) is 19.7. The van der Waals surface area contributed by atoms with Crippen LogP contribution in [0.4, 0.5) is 0 Å². The number of aromatic nitrogens is 2. The van der Waals surface area contributed by atoms with Crippen LogP contribution in [-0.4, -0.2) is 46.5 Å². The molecule has 3 N–H and O–H groups in total. The predicted molar refractivity (Wildman–Crippen MR) is 74.6 cm³/mol. The van der Waals surface area contributed by atoms with Gasteiger partial charge in [0.25, 0.3) is 5.91 Å². The highest BCUT2D eigenvalue weighted by Gasteiger charge is 2.25. The van der Waals surface area contributed by atoms with Crippen LogP contribution < -0.4 is 10.6 Å². The summed E-state index contributed by atoms with van der Waals surface area (Å²) in [6, 6.07) is 1.95. The van der Waals surface area contributed by atoms with Crippen molar-refractivity contribution in [3.8, 4) is 0 Å². The molecule has 1 saturated heterocycles. The molecule has 0 spiro atoms. The maximum atomic E-state index is 11.9. The molecule has 1 fully saturated rings. The van der Waals surface area contributed by atoms with E-state index in [1.54, 1.807) is 16.9 Å². The van der Waals surface area contributed by atoms with Crippen LogP contribution in [0.5, 0.6) is 0 Å². The topological polar surface area (TPSA) is 79.2 Å². The Hall–Kier alpha value is -1.11. The second kappa shape index (κ2) is 6.88. The van der Waals surface area contributed by atoms with Crippen molar-refractivity contribution in [1.82, 2.24) is 20.4 Å². The summed E-state index contributed by atoms with van der Waals surface area (Å²) in [6.45, 7) is 5.83. The zero-order valence-corrected chi connectivity index (χ0v) is 12.0. The zero-order chi connectivity index (χ0) is 13.1. The molecule has 0 saturated carbocycles. The minimum absolute atomic E-state index is 0. The summed E-state index contributed by atoms with van der Waals surface area (Å²) in [5.41, 5.74) is 0.421. The molecule has 0 aliphatic carbocycles. The van der Waals surface area contributed by atoms with Gasteiger partial charge in [-0.05, 0) is 19.9 Å². The van der Waals surface area contributed by atoms with E-state index in [-0.39, 0.29) is 36.4 Å². The predicted octanol–water partition coefficient (Wildman–Crippen LogP) is 0.196. The lowest BCUT2D eigenvalue weighted by Crippen LogP contribution is -2.34. The lowest BCUT2D eigenvalue weighted by Gasteiger charge is -2.13.